The monoisotopic (exact) mass is 586 g/mol. The molecular formula is C43H26N2O. The first kappa shape index (κ1) is 26.1. The summed E-state index contributed by atoms with van der Waals surface area (Å²) in [5, 5.41) is 14.1. The first-order chi connectivity index (χ1) is 22.7. The van der Waals surface area contributed by atoms with Crippen LogP contribution in [0.5, 0.6) is 0 Å². The fourth-order valence-electron chi connectivity index (χ4n) is 6.79. The molecule has 3 nitrogen and oxygen atoms in total. The molecule has 7 aromatic carbocycles. The van der Waals surface area contributed by atoms with Crippen molar-refractivity contribution < 1.29 is 4.42 Å². The summed E-state index contributed by atoms with van der Waals surface area (Å²) in [4.78, 5) is 0. The highest BCUT2D eigenvalue weighted by molar-refractivity contribution is 6.12. The van der Waals surface area contributed by atoms with Crippen LogP contribution < -0.4 is 0 Å². The van der Waals surface area contributed by atoms with Crippen LogP contribution in [0.2, 0.25) is 0 Å². The van der Waals surface area contributed by atoms with Gasteiger partial charge in [0.1, 0.15) is 11.2 Å². The highest BCUT2D eigenvalue weighted by Crippen LogP contribution is 2.38. The molecule has 0 saturated carbocycles. The predicted molar refractivity (Wildman–Crippen MR) is 189 cm³/mol. The van der Waals surface area contributed by atoms with Crippen LogP contribution in [0.3, 0.4) is 0 Å². The molecule has 0 atom stereocenters. The van der Waals surface area contributed by atoms with Gasteiger partial charge in [-0.15, -0.1) is 0 Å². The average Bonchev–Trinajstić information content (AvgIpc) is 3.66. The third-order valence-corrected chi connectivity index (χ3v) is 9.01. The highest BCUT2D eigenvalue weighted by atomic mass is 16.3. The lowest BCUT2D eigenvalue weighted by Gasteiger charge is -2.10. The minimum atomic E-state index is 0.647. The molecule has 214 valence electrons. The van der Waals surface area contributed by atoms with E-state index >= 15 is 0 Å². The number of nitrogens with zero attached hydrogens (tertiary/aromatic N) is 2. The molecule has 0 bridgehead atoms. The quantitative estimate of drug-likeness (QED) is 0.206. The molecule has 9 rings (SSSR count). The Morgan fingerprint density at radius 3 is 1.74 bits per heavy atom. The zero-order valence-electron chi connectivity index (χ0n) is 24.8. The zero-order valence-corrected chi connectivity index (χ0v) is 24.8. The van der Waals surface area contributed by atoms with Crippen molar-refractivity contribution in [1.29, 1.82) is 5.26 Å². The molecule has 2 heterocycles. The van der Waals surface area contributed by atoms with E-state index < -0.39 is 0 Å². The molecule has 0 saturated heterocycles. The summed E-state index contributed by atoms with van der Waals surface area (Å²) in [5.74, 6) is 0. The summed E-state index contributed by atoms with van der Waals surface area (Å²) in [6, 6.07) is 57.5. The largest absolute Gasteiger partial charge is 0.456 e. The first-order valence-electron chi connectivity index (χ1n) is 15.4. The molecule has 0 N–H and O–H groups in total. The van der Waals surface area contributed by atoms with Crippen LogP contribution in [0.4, 0.5) is 0 Å². The second kappa shape index (κ2) is 10.4. The topological polar surface area (TPSA) is 41.9 Å². The molecule has 0 fully saturated rings. The van der Waals surface area contributed by atoms with Crippen molar-refractivity contribution in [3.8, 4) is 45.1 Å². The SMILES string of the molecule is N#Cc1ccc2c(c1)c1cc(-c3cccc(-c4cccc(-c5ccccc5)c4)c3)ccc1n2-c1ccc2oc3ccccc3c2c1. The van der Waals surface area contributed by atoms with Gasteiger partial charge in [0.2, 0.25) is 0 Å². The van der Waals surface area contributed by atoms with Gasteiger partial charge in [0.05, 0.1) is 22.7 Å². The lowest BCUT2D eigenvalue weighted by Crippen LogP contribution is -1.93. The molecule has 0 radical (unpaired) electrons. The van der Waals surface area contributed by atoms with Crippen LogP contribution in [-0.4, -0.2) is 4.57 Å². The molecule has 0 unspecified atom stereocenters. The smallest absolute Gasteiger partial charge is 0.135 e. The first-order valence-corrected chi connectivity index (χ1v) is 15.4. The van der Waals surface area contributed by atoms with Crippen molar-refractivity contribution in [2.24, 2.45) is 0 Å². The second-order valence-electron chi connectivity index (χ2n) is 11.7. The molecule has 9 aromatic rings. The molecule has 3 heteroatoms. The van der Waals surface area contributed by atoms with Gasteiger partial charge in [0.25, 0.3) is 0 Å². The molecule has 0 amide bonds. The number of para-hydroxylation sites is 1. The Balaban J connectivity index is 1.20. The predicted octanol–water partition coefficient (Wildman–Crippen LogP) is 11.6. The van der Waals surface area contributed by atoms with E-state index in [1.807, 2.05) is 36.4 Å². The number of nitriles is 1. The maximum atomic E-state index is 9.78. The molecular weight excluding hydrogens is 560 g/mol. The number of benzene rings is 7. The van der Waals surface area contributed by atoms with Crippen LogP contribution in [0.1, 0.15) is 5.56 Å². The van der Waals surface area contributed by atoms with Crippen molar-refractivity contribution in [2.45, 2.75) is 0 Å². The van der Waals surface area contributed by atoms with E-state index in [1.54, 1.807) is 0 Å². The van der Waals surface area contributed by atoms with E-state index in [9.17, 15) is 5.26 Å². The Morgan fingerprint density at radius 2 is 1.00 bits per heavy atom. The highest BCUT2D eigenvalue weighted by Gasteiger charge is 2.16. The minimum absolute atomic E-state index is 0.647. The van der Waals surface area contributed by atoms with Gasteiger partial charge in [-0.1, -0.05) is 91.0 Å². The number of fused-ring (bicyclic) bond motifs is 6. The van der Waals surface area contributed by atoms with Crippen molar-refractivity contribution in [2.75, 3.05) is 0 Å². The third kappa shape index (κ3) is 4.20. The summed E-state index contributed by atoms with van der Waals surface area (Å²) in [5.41, 5.74) is 12.6. The summed E-state index contributed by atoms with van der Waals surface area (Å²) in [6.45, 7) is 0. The molecule has 0 aliphatic carbocycles. The fourth-order valence-corrected chi connectivity index (χ4v) is 6.79. The summed E-state index contributed by atoms with van der Waals surface area (Å²) in [7, 11) is 0. The molecule has 0 aliphatic rings. The lowest BCUT2D eigenvalue weighted by atomic mass is 9.95. The number of aromatic nitrogens is 1. The van der Waals surface area contributed by atoms with Gasteiger partial charge >= 0.3 is 0 Å². The van der Waals surface area contributed by atoms with Gasteiger partial charge in [-0.25, -0.2) is 0 Å². The molecule has 0 aliphatic heterocycles. The van der Waals surface area contributed by atoms with E-state index in [1.165, 1.54) is 22.3 Å². The van der Waals surface area contributed by atoms with E-state index in [0.29, 0.717) is 5.56 Å². The maximum absolute atomic E-state index is 9.78. The van der Waals surface area contributed by atoms with Crippen molar-refractivity contribution >= 4 is 43.7 Å². The van der Waals surface area contributed by atoms with Gasteiger partial charge < -0.3 is 8.98 Å². The van der Waals surface area contributed by atoms with Crippen LogP contribution >= 0.6 is 0 Å². The van der Waals surface area contributed by atoms with Crippen molar-refractivity contribution in [1.82, 2.24) is 4.57 Å². The third-order valence-electron chi connectivity index (χ3n) is 9.01. The molecule has 2 aromatic heterocycles. The Kier molecular flexibility index (Phi) is 5.88. The number of furan rings is 1. The summed E-state index contributed by atoms with van der Waals surface area (Å²) < 4.78 is 8.41. The van der Waals surface area contributed by atoms with Crippen LogP contribution in [0, 0.1) is 11.3 Å². The van der Waals surface area contributed by atoms with E-state index in [2.05, 4.69) is 132 Å². The number of hydrogen-bond acceptors (Lipinski definition) is 2. The standard InChI is InChI=1S/C43H26N2O/c44-27-28-16-19-40-37(22-28)38-25-34(33-13-7-12-32(24-33)31-11-6-10-30(23-31)29-8-2-1-3-9-29)17-20-41(38)45(40)35-18-21-43-39(26-35)36-14-4-5-15-42(36)46-43/h1-26H. The Bertz CT molecular complexity index is 2650. The van der Waals surface area contributed by atoms with Crippen LogP contribution in [0.25, 0.3) is 82.8 Å². The average molecular weight is 587 g/mol. The summed E-state index contributed by atoms with van der Waals surface area (Å²) in [6.07, 6.45) is 0. The fraction of sp³-hybridized carbons (Fsp3) is 0. The van der Waals surface area contributed by atoms with E-state index in [-0.39, 0.29) is 0 Å². The number of hydrogen-bond donors (Lipinski definition) is 0. The Hall–Kier alpha value is -6.37. The minimum Gasteiger partial charge on any atom is -0.456 e. The second-order valence-corrected chi connectivity index (χ2v) is 11.7. The van der Waals surface area contributed by atoms with Gasteiger partial charge in [0, 0.05) is 27.2 Å². The van der Waals surface area contributed by atoms with Crippen molar-refractivity contribution in [3.05, 3.63) is 163 Å². The van der Waals surface area contributed by atoms with Gasteiger partial charge in [-0.2, -0.15) is 5.26 Å². The molecule has 46 heavy (non-hydrogen) atoms. The van der Waals surface area contributed by atoms with Gasteiger partial charge in [-0.05, 0) is 100 Å². The Morgan fingerprint density at radius 1 is 0.413 bits per heavy atom. The molecule has 0 spiro atoms. The van der Waals surface area contributed by atoms with Crippen LogP contribution in [-0.2, 0) is 0 Å². The zero-order chi connectivity index (χ0) is 30.6. The Labute approximate surface area is 265 Å². The van der Waals surface area contributed by atoms with Crippen LogP contribution in [0.15, 0.2) is 162 Å². The maximum Gasteiger partial charge on any atom is 0.135 e. The van der Waals surface area contributed by atoms with Crippen molar-refractivity contribution in [3.63, 3.8) is 0 Å². The van der Waals surface area contributed by atoms with E-state index in [4.69, 9.17) is 4.42 Å². The number of rotatable bonds is 4. The summed E-state index contributed by atoms with van der Waals surface area (Å²) >= 11 is 0. The van der Waals surface area contributed by atoms with E-state index in [0.717, 1.165) is 60.6 Å². The lowest BCUT2D eigenvalue weighted by molar-refractivity contribution is 0.669. The normalized spacial score (nSPS) is 11.5. The van der Waals surface area contributed by atoms with Gasteiger partial charge in [0.15, 0.2) is 0 Å². The van der Waals surface area contributed by atoms with Gasteiger partial charge in [-0.3, -0.25) is 0 Å².